The third-order valence-corrected chi connectivity index (χ3v) is 2.48. The minimum Gasteiger partial charge on any atom is -0.377 e. The van der Waals surface area contributed by atoms with Crippen molar-refractivity contribution in [3.05, 3.63) is 27.4 Å². The first-order valence-electron chi connectivity index (χ1n) is 5.80. The summed E-state index contributed by atoms with van der Waals surface area (Å²) in [6, 6.07) is 1.34. The van der Waals surface area contributed by atoms with Crippen molar-refractivity contribution in [2.24, 2.45) is 0 Å². The van der Waals surface area contributed by atoms with Crippen LogP contribution in [0.3, 0.4) is 0 Å². The van der Waals surface area contributed by atoms with Gasteiger partial charge in [-0.1, -0.05) is 25.4 Å². The van der Waals surface area contributed by atoms with Gasteiger partial charge in [0, 0.05) is 12.0 Å². The summed E-state index contributed by atoms with van der Waals surface area (Å²) in [4.78, 5) is 16.0. The fourth-order valence-corrected chi connectivity index (χ4v) is 1.72. The molecular formula is C12H19ClN2O2. The predicted octanol–water partition coefficient (Wildman–Crippen LogP) is 2.45. The Hall–Kier alpha value is -0.870. The van der Waals surface area contributed by atoms with Crippen molar-refractivity contribution in [2.75, 3.05) is 6.61 Å². The zero-order chi connectivity index (χ0) is 13.0. The largest absolute Gasteiger partial charge is 0.377 e. The Labute approximate surface area is 107 Å². The van der Waals surface area contributed by atoms with Crippen LogP contribution < -0.4 is 5.56 Å². The third kappa shape index (κ3) is 4.13. The van der Waals surface area contributed by atoms with Gasteiger partial charge in [-0.2, -0.15) is 0 Å². The highest BCUT2D eigenvalue weighted by atomic mass is 35.5. The maximum Gasteiger partial charge on any atom is 0.255 e. The van der Waals surface area contributed by atoms with Crippen molar-refractivity contribution in [3.63, 3.8) is 0 Å². The number of rotatable bonds is 5. The summed E-state index contributed by atoms with van der Waals surface area (Å²) < 4.78 is 7.07. The quantitative estimate of drug-likeness (QED) is 0.762. The lowest BCUT2D eigenvalue weighted by molar-refractivity contribution is 0.0715. The maximum absolute atomic E-state index is 11.8. The van der Waals surface area contributed by atoms with Crippen LogP contribution >= 0.6 is 11.6 Å². The smallest absolute Gasteiger partial charge is 0.255 e. The fourth-order valence-electron chi connectivity index (χ4n) is 1.54. The molecule has 0 fully saturated rings. The Kier molecular flexibility index (Phi) is 5.15. The van der Waals surface area contributed by atoms with Gasteiger partial charge >= 0.3 is 0 Å². The van der Waals surface area contributed by atoms with E-state index in [4.69, 9.17) is 16.3 Å². The average molecular weight is 259 g/mol. The van der Waals surface area contributed by atoms with Gasteiger partial charge in [0.05, 0.1) is 19.3 Å². The van der Waals surface area contributed by atoms with Gasteiger partial charge in [0.15, 0.2) is 0 Å². The molecule has 5 heteroatoms. The molecule has 0 aromatic carbocycles. The fraction of sp³-hybridized carbons (Fsp3) is 0.667. The van der Waals surface area contributed by atoms with E-state index in [1.165, 1.54) is 6.07 Å². The first-order valence-corrected chi connectivity index (χ1v) is 6.18. The Bertz CT molecular complexity index is 427. The van der Waals surface area contributed by atoms with Crippen molar-refractivity contribution in [3.8, 4) is 0 Å². The number of ether oxygens (including phenoxy) is 1. The van der Waals surface area contributed by atoms with Crippen LogP contribution in [-0.4, -0.2) is 22.3 Å². The first kappa shape index (κ1) is 14.2. The summed E-state index contributed by atoms with van der Waals surface area (Å²) in [5, 5.41) is 0.250. The average Bonchev–Trinajstić information content (AvgIpc) is 2.19. The van der Waals surface area contributed by atoms with E-state index in [1.54, 1.807) is 4.57 Å². The van der Waals surface area contributed by atoms with Crippen molar-refractivity contribution in [2.45, 2.75) is 46.3 Å². The van der Waals surface area contributed by atoms with Crippen LogP contribution in [0.4, 0.5) is 0 Å². The molecule has 1 aromatic rings. The van der Waals surface area contributed by atoms with Gasteiger partial charge in [-0.25, -0.2) is 4.98 Å². The Morgan fingerprint density at radius 1 is 1.41 bits per heavy atom. The highest BCUT2D eigenvalue weighted by Gasteiger charge is 2.11. The molecule has 0 spiro atoms. The predicted molar refractivity (Wildman–Crippen MR) is 68.7 cm³/mol. The molecule has 17 heavy (non-hydrogen) atoms. The van der Waals surface area contributed by atoms with Gasteiger partial charge in [0.25, 0.3) is 5.56 Å². The van der Waals surface area contributed by atoms with Crippen molar-refractivity contribution < 1.29 is 4.74 Å². The summed E-state index contributed by atoms with van der Waals surface area (Å²) in [5.41, 5.74) is -0.124. The first-order chi connectivity index (χ1) is 7.91. The molecule has 96 valence electrons. The van der Waals surface area contributed by atoms with E-state index in [0.717, 1.165) is 0 Å². The van der Waals surface area contributed by atoms with Crippen LogP contribution in [0.5, 0.6) is 0 Å². The monoisotopic (exact) mass is 258 g/mol. The minimum atomic E-state index is -0.124. The maximum atomic E-state index is 11.8. The van der Waals surface area contributed by atoms with Gasteiger partial charge in [0.2, 0.25) is 0 Å². The zero-order valence-corrected chi connectivity index (χ0v) is 11.5. The highest BCUT2D eigenvalue weighted by Crippen LogP contribution is 2.12. The Balaban J connectivity index is 2.93. The molecular weight excluding hydrogens is 240 g/mol. The van der Waals surface area contributed by atoms with Crippen molar-refractivity contribution in [1.29, 1.82) is 0 Å². The molecule has 1 aromatic heterocycles. The number of hydrogen-bond acceptors (Lipinski definition) is 3. The van der Waals surface area contributed by atoms with Crippen LogP contribution in [0.1, 0.15) is 39.4 Å². The van der Waals surface area contributed by atoms with Gasteiger partial charge < -0.3 is 4.74 Å². The Morgan fingerprint density at radius 2 is 2.06 bits per heavy atom. The van der Waals surface area contributed by atoms with Crippen LogP contribution in [0.2, 0.25) is 5.15 Å². The van der Waals surface area contributed by atoms with E-state index in [1.807, 2.05) is 27.7 Å². The lowest BCUT2D eigenvalue weighted by Crippen LogP contribution is -2.27. The van der Waals surface area contributed by atoms with E-state index in [-0.39, 0.29) is 22.7 Å². The zero-order valence-electron chi connectivity index (χ0n) is 10.7. The van der Waals surface area contributed by atoms with Crippen LogP contribution in [0, 0.1) is 0 Å². The van der Waals surface area contributed by atoms with Crippen LogP contribution in [-0.2, 0) is 11.3 Å². The molecule has 0 unspecified atom stereocenters. The van der Waals surface area contributed by atoms with Crippen LogP contribution in [0.25, 0.3) is 0 Å². The van der Waals surface area contributed by atoms with E-state index in [0.29, 0.717) is 19.0 Å². The second-order valence-electron chi connectivity index (χ2n) is 4.50. The lowest BCUT2D eigenvalue weighted by Gasteiger charge is -2.15. The topological polar surface area (TPSA) is 44.1 Å². The summed E-state index contributed by atoms with van der Waals surface area (Å²) >= 11 is 5.79. The highest BCUT2D eigenvalue weighted by molar-refractivity contribution is 6.29. The summed E-state index contributed by atoms with van der Waals surface area (Å²) in [5.74, 6) is 0.857. The number of hydrogen-bond donors (Lipinski definition) is 0. The summed E-state index contributed by atoms with van der Waals surface area (Å²) in [6.07, 6.45) is 0.161. The lowest BCUT2D eigenvalue weighted by atomic mass is 10.2. The molecule has 4 nitrogen and oxygen atoms in total. The molecule has 0 N–H and O–H groups in total. The molecule has 0 radical (unpaired) electrons. The number of halogens is 1. The standard InChI is InChI=1S/C12H19ClN2O2/c1-8(2)12-14-10(13)7-11(16)15(12)5-6-17-9(3)4/h7-9H,5-6H2,1-4H3. The SMILES string of the molecule is CC(C)OCCn1c(C(C)C)nc(Cl)cc1=O. The normalized spacial score (nSPS) is 11.5. The molecule has 0 amide bonds. The minimum absolute atomic E-state index is 0.124. The molecule has 0 aliphatic carbocycles. The molecule has 0 saturated heterocycles. The third-order valence-electron chi connectivity index (χ3n) is 2.29. The number of aromatic nitrogens is 2. The summed E-state index contributed by atoms with van der Waals surface area (Å²) in [7, 11) is 0. The Morgan fingerprint density at radius 3 is 2.59 bits per heavy atom. The molecule has 1 heterocycles. The van der Waals surface area contributed by atoms with E-state index < -0.39 is 0 Å². The van der Waals surface area contributed by atoms with Gasteiger partial charge in [-0.15, -0.1) is 0 Å². The second kappa shape index (κ2) is 6.17. The molecule has 1 rings (SSSR count). The molecule has 0 aliphatic heterocycles. The van der Waals surface area contributed by atoms with E-state index in [2.05, 4.69) is 4.98 Å². The van der Waals surface area contributed by atoms with E-state index >= 15 is 0 Å². The van der Waals surface area contributed by atoms with Gasteiger partial charge in [0.1, 0.15) is 11.0 Å². The van der Waals surface area contributed by atoms with Gasteiger partial charge in [-0.3, -0.25) is 9.36 Å². The van der Waals surface area contributed by atoms with E-state index in [9.17, 15) is 4.79 Å². The van der Waals surface area contributed by atoms with Crippen molar-refractivity contribution >= 4 is 11.6 Å². The van der Waals surface area contributed by atoms with Gasteiger partial charge in [-0.05, 0) is 13.8 Å². The number of nitrogens with zero attached hydrogens (tertiary/aromatic N) is 2. The molecule has 0 bridgehead atoms. The molecule has 0 aliphatic rings. The second-order valence-corrected chi connectivity index (χ2v) is 4.89. The molecule has 0 atom stereocenters. The summed E-state index contributed by atoms with van der Waals surface area (Å²) in [6.45, 7) is 8.91. The molecule has 0 saturated carbocycles. The van der Waals surface area contributed by atoms with Crippen molar-refractivity contribution in [1.82, 2.24) is 9.55 Å². The van der Waals surface area contributed by atoms with Crippen LogP contribution in [0.15, 0.2) is 10.9 Å².